The Kier molecular flexibility index (Phi) is 4.73. The predicted molar refractivity (Wildman–Crippen MR) is 78.2 cm³/mol. The first kappa shape index (κ1) is 15.2. The van der Waals surface area contributed by atoms with Crippen LogP contribution in [0, 0.1) is 11.3 Å². The van der Waals surface area contributed by atoms with Crippen molar-refractivity contribution < 1.29 is 14.6 Å². The Hall–Kier alpha value is -2.16. The zero-order valence-corrected chi connectivity index (χ0v) is 11.9. The van der Waals surface area contributed by atoms with Crippen LogP contribution in [0.1, 0.15) is 24.5 Å². The van der Waals surface area contributed by atoms with Gasteiger partial charge in [0.05, 0.1) is 17.7 Å². The quantitative estimate of drug-likeness (QED) is 0.816. The number of hydrogen-bond acceptors (Lipinski definition) is 4. The highest BCUT2D eigenvalue weighted by molar-refractivity contribution is 5.91. The van der Waals surface area contributed by atoms with Crippen LogP contribution in [0.5, 0.6) is 0 Å². The molecule has 1 heterocycles. The molecule has 2 N–H and O–H groups in total. The number of nitrogens with one attached hydrogen (secondary N) is 1. The molecule has 1 fully saturated rings. The van der Waals surface area contributed by atoms with E-state index in [0.29, 0.717) is 18.6 Å². The van der Waals surface area contributed by atoms with Crippen LogP contribution < -0.4 is 5.32 Å². The van der Waals surface area contributed by atoms with Crippen LogP contribution in [0.25, 0.3) is 6.08 Å². The average Bonchev–Trinajstić information content (AvgIpc) is 2.83. The smallest absolute Gasteiger partial charge is 0.244 e. The van der Waals surface area contributed by atoms with Crippen LogP contribution >= 0.6 is 0 Å². The highest BCUT2D eigenvalue weighted by atomic mass is 16.5. The summed E-state index contributed by atoms with van der Waals surface area (Å²) in [6.07, 6.45) is 3.26. The summed E-state index contributed by atoms with van der Waals surface area (Å²) in [5.74, 6) is -0.287. The molecule has 21 heavy (non-hydrogen) atoms. The Morgan fingerprint density at radius 3 is 3.14 bits per heavy atom. The van der Waals surface area contributed by atoms with E-state index in [1.165, 1.54) is 6.08 Å². The minimum Gasteiger partial charge on any atom is -0.385 e. The number of rotatable bonds is 4. The first-order valence-electron chi connectivity index (χ1n) is 6.83. The summed E-state index contributed by atoms with van der Waals surface area (Å²) in [7, 11) is 0. The molecule has 1 saturated heterocycles. The van der Waals surface area contributed by atoms with Crippen molar-refractivity contribution in [1.29, 1.82) is 5.26 Å². The molecule has 0 spiro atoms. The molecule has 1 aliphatic rings. The maximum atomic E-state index is 11.8. The third-order valence-electron chi connectivity index (χ3n) is 3.67. The van der Waals surface area contributed by atoms with E-state index in [9.17, 15) is 9.90 Å². The molecular formula is C16H18N2O3. The van der Waals surface area contributed by atoms with E-state index in [0.717, 1.165) is 5.56 Å². The van der Waals surface area contributed by atoms with Crippen molar-refractivity contribution in [1.82, 2.24) is 5.32 Å². The highest BCUT2D eigenvalue weighted by Crippen LogP contribution is 2.24. The van der Waals surface area contributed by atoms with Crippen LogP contribution in [0.15, 0.2) is 30.3 Å². The van der Waals surface area contributed by atoms with E-state index < -0.39 is 5.60 Å². The Balaban J connectivity index is 1.89. The van der Waals surface area contributed by atoms with E-state index in [1.807, 2.05) is 12.1 Å². The number of carbonyl (C=O) groups excluding carboxylic acids is 1. The summed E-state index contributed by atoms with van der Waals surface area (Å²) in [4.78, 5) is 11.8. The first-order chi connectivity index (χ1) is 10.0. The van der Waals surface area contributed by atoms with Gasteiger partial charge in [-0.05, 0) is 30.7 Å². The number of nitrogens with zero attached hydrogens (tertiary/aromatic N) is 1. The fourth-order valence-corrected chi connectivity index (χ4v) is 2.19. The summed E-state index contributed by atoms with van der Waals surface area (Å²) >= 11 is 0. The van der Waals surface area contributed by atoms with Gasteiger partial charge in [0.1, 0.15) is 5.60 Å². The first-order valence-corrected chi connectivity index (χ1v) is 6.83. The molecular weight excluding hydrogens is 268 g/mol. The summed E-state index contributed by atoms with van der Waals surface area (Å²) in [6, 6.07) is 9.02. The molecule has 0 saturated carbocycles. The SMILES string of the molecule is CC1OCCC1(O)CNC(=O)/C=C/c1cccc(C#N)c1. The third kappa shape index (κ3) is 3.91. The lowest BCUT2D eigenvalue weighted by molar-refractivity contribution is -0.118. The van der Waals surface area contributed by atoms with Crippen molar-refractivity contribution >= 4 is 12.0 Å². The fraction of sp³-hybridized carbons (Fsp3) is 0.375. The van der Waals surface area contributed by atoms with Gasteiger partial charge in [-0.2, -0.15) is 5.26 Å². The van der Waals surface area contributed by atoms with E-state index in [4.69, 9.17) is 10.00 Å². The van der Waals surface area contributed by atoms with Gasteiger partial charge < -0.3 is 15.2 Å². The molecule has 2 unspecified atom stereocenters. The summed E-state index contributed by atoms with van der Waals surface area (Å²) < 4.78 is 5.31. The molecule has 1 aliphatic heterocycles. The number of benzene rings is 1. The summed E-state index contributed by atoms with van der Waals surface area (Å²) in [6.45, 7) is 2.46. The van der Waals surface area contributed by atoms with Gasteiger partial charge in [-0.25, -0.2) is 0 Å². The van der Waals surface area contributed by atoms with E-state index in [1.54, 1.807) is 31.2 Å². The second kappa shape index (κ2) is 6.53. The van der Waals surface area contributed by atoms with Crippen LogP contribution in [0.2, 0.25) is 0 Å². The Morgan fingerprint density at radius 2 is 2.48 bits per heavy atom. The monoisotopic (exact) mass is 286 g/mol. The van der Waals surface area contributed by atoms with Crippen molar-refractivity contribution in [2.75, 3.05) is 13.2 Å². The van der Waals surface area contributed by atoms with Gasteiger partial charge >= 0.3 is 0 Å². The summed E-state index contributed by atoms with van der Waals surface area (Å²) in [5, 5.41) is 21.7. The molecule has 1 aromatic carbocycles. The minimum absolute atomic E-state index is 0.162. The van der Waals surface area contributed by atoms with Crippen molar-refractivity contribution in [2.24, 2.45) is 0 Å². The zero-order valence-electron chi connectivity index (χ0n) is 11.9. The highest BCUT2D eigenvalue weighted by Gasteiger charge is 2.39. The van der Waals surface area contributed by atoms with Gasteiger partial charge in [-0.1, -0.05) is 12.1 Å². The number of carbonyl (C=O) groups is 1. The average molecular weight is 286 g/mol. The Morgan fingerprint density at radius 1 is 1.67 bits per heavy atom. The van der Waals surface area contributed by atoms with E-state index in [2.05, 4.69) is 5.32 Å². The van der Waals surface area contributed by atoms with Crippen LogP contribution in [-0.2, 0) is 9.53 Å². The molecule has 0 aliphatic carbocycles. The Bertz CT molecular complexity index is 591. The van der Waals surface area contributed by atoms with Gasteiger partial charge in [0, 0.05) is 25.6 Å². The molecule has 5 heteroatoms. The number of nitriles is 1. The molecule has 1 amide bonds. The van der Waals surface area contributed by atoms with Crippen molar-refractivity contribution in [2.45, 2.75) is 25.0 Å². The van der Waals surface area contributed by atoms with Gasteiger partial charge in [-0.3, -0.25) is 4.79 Å². The van der Waals surface area contributed by atoms with Crippen molar-refractivity contribution in [3.63, 3.8) is 0 Å². The lowest BCUT2D eigenvalue weighted by Gasteiger charge is -2.25. The molecule has 110 valence electrons. The van der Waals surface area contributed by atoms with Gasteiger partial charge in [0.25, 0.3) is 0 Å². The number of ether oxygens (including phenoxy) is 1. The fourth-order valence-electron chi connectivity index (χ4n) is 2.19. The maximum Gasteiger partial charge on any atom is 0.244 e. The number of amides is 1. The van der Waals surface area contributed by atoms with Gasteiger partial charge in [0.15, 0.2) is 0 Å². The second-order valence-electron chi connectivity index (χ2n) is 5.15. The molecule has 2 rings (SSSR count). The van der Waals surface area contributed by atoms with E-state index >= 15 is 0 Å². The summed E-state index contributed by atoms with van der Waals surface area (Å²) in [5.41, 5.74) is 0.328. The molecule has 0 bridgehead atoms. The van der Waals surface area contributed by atoms with Crippen LogP contribution in [0.4, 0.5) is 0 Å². The van der Waals surface area contributed by atoms with Crippen LogP contribution in [-0.4, -0.2) is 35.9 Å². The molecule has 2 atom stereocenters. The van der Waals surface area contributed by atoms with Crippen molar-refractivity contribution in [3.8, 4) is 6.07 Å². The van der Waals surface area contributed by atoms with Crippen molar-refractivity contribution in [3.05, 3.63) is 41.5 Å². The third-order valence-corrected chi connectivity index (χ3v) is 3.67. The van der Waals surface area contributed by atoms with Gasteiger partial charge in [-0.15, -0.1) is 0 Å². The normalized spacial score (nSPS) is 24.9. The largest absolute Gasteiger partial charge is 0.385 e. The van der Waals surface area contributed by atoms with Crippen LogP contribution in [0.3, 0.4) is 0 Å². The second-order valence-corrected chi connectivity index (χ2v) is 5.15. The molecule has 1 aromatic rings. The lowest BCUT2D eigenvalue weighted by Crippen LogP contribution is -2.47. The molecule has 0 radical (unpaired) electrons. The zero-order chi connectivity index (χ0) is 15.3. The molecule has 5 nitrogen and oxygen atoms in total. The van der Waals surface area contributed by atoms with E-state index in [-0.39, 0.29) is 18.6 Å². The Labute approximate surface area is 123 Å². The number of aliphatic hydroxyl groups is 1. The molecule has 0 aromatic heterocycles. The van der Waals surface area contributed by atoms with Gasteiger partial charge in [0.2, 0.25) is 5.91 Å². The lowest BCUT2D eigenvalue weighted by atomic mass is 9.97. The minimum atomic E-state index is -0.996. The predicted octanol–water partition coefficient (Wildman–Crippen LogP) is 1.23. The maximum absolute atomic E-state index is 11.8. The topological polar surface area (TPSA) is 82.3 Å². The standard InChI is InChI=1S/C16H18N2O3/c1-12-16(20,7-8-21-12)11-18-15(19)6-5-13-3-2-4-14(9-13)10-17/h2-6,9,12,20H,7-8,11H2,1H3,(H,18,19)/b6-5+. The number of hydrogen-bond donors (Lipinski definition) is 2.